The first-order chi connectivity index (χ1) is 14.1. The Balaban J connectivity index is 1.73. The van der Waals surface area contributed by atoms with E-state index in [4.69, 9.17) is 0 Å². The van der Waals surface area contributed by atoms with Crippen LogP contribution in [-0.4, -0.2) is 17.4 Å². The van der Waals surface area contributed by atoms with Crippen LogP contribution < -0.4 is 10.6 Å². The van der Waals surface area contributed by atoms with Crippen LogP contribution in [0.1, 0.15) is 22.7 Å². The molecular weight excluding hydrogens is 368 g/mol. The predicted molar refractivity (Wildman–Crippen MR) is 109 cm³/mol. The van der Waals surface area contributed by atoms with Crippen LogP contribution in [0.25, 0.3) is 0 Å². The molecule has 3 rings (SSSR count). The Morgan fingerprint density at radius 2 is 1.59 bits per heavy atom. The number of hydrogen-bond acceptors (Lipinski definition) is 5. The summed E-state index contributed by atoms with van der Waals surface area (Å²) in [5.41, 5.74) is 2.10. The third kappa shape index (κ3) is 5.03. The normalized spacial score (nSPS) is 10.3. The summed E-state index contributed by atoms with van der Waals surface area (Å²) in [7, 11) is 0. The van der Waals surface area contributed by atoms with Crippen LogP contribution in [0.3, 0.4) is 0 Å². The number of rotatable bonds is 7. The summed E-state index contributed by atoms with van der Waals surface area (Å²) in [5, 5.41) is 25.9. The van der Waals surface area contributed by atoms with Gasteiger partial charge in [0.1, 0.15) is 6.07 Å². The number of nitrogens with zero attached hydrogens (tertiary/aromatic N) is 2. The van der Waals surface area contributed by atoms with E-state index in [1.807, 2.05) is 66.7 Å². The molecule has 0 atom stereocenters. The van der Waals surface area contributed by atoms with Gasteiger partial charge in [-0.25, -0.2) is 0 Å². The molecule has 0 radical (unpaired) electrons. The van der Waals surface area contributed by atoms with Crippen LogP contribution >= 0.6 is 0 Å². The first-order valence-corrected chi connectivity index (χ1v) is 8.90. The highest BCUT2D eigenvalue weighted by molar-refractivity contribution is 5.93. The molecule has 0 saturated carbocycles. The molecule has 0 spiro atoms. The summed E-state index contributed by atoms with van der Waals surface area (Å²) in [5.74, 6) is -0.354. The van der Waals surface area contributed by atoms with Crippen molar-refractivity contribution < 1.29 is 9.72 Å². The van der Waals surface area contributed by atoms with Gasteiger partial charge in [-0.1, -0.05) is 60.7 Å². The minimum absolute atomic E-state index is 0.00366. The number of non-ortho nitro benzene ring substituents is 1. The molecule has 0 bridgehead atoms. The monoisotopic (exact) mass is 386 g/mol. The molecule has 0 aromatic heterocycles. The summed E-state index contributed by atoms with van der Waals surface area (Å²) in [6.07, 6.45) is 0. The van der Waals surface area contributed by atoms with E-state index in [-0.39, 0.29) is 35.4 Å². The highest BCUT2D eigenvalue weighted by atomic mass is 16.6. The summed E-state index contributed by atoms with van der Waals surface area (Å²) < 4.78 is 0. The Hall–Kier alpha value is -4.02. The third-order valence-electron chi connectivity index (χ3n) is 4.34. The fourth-order valence-electron chi connectivity index (χ4n) is 2.96. The number of anilines is 1. The number of nitriles is 1. The molecule has 3 aromatic carbocycles. The topological polar surface area (TPSA) is 108 Å². The van der Waals surface area contributed by atoms with Crippen molar-refractivity contribution in [3.63, 3.8) is 0 Å². The number of carbonyl (C=O) groups is 1. The molecule has 3 aromatic rings. The zero-order valence-electron chi connectivity index (χ0n) is 15.4. The maximum Gasteiger partial charge on any atom is 0.270 e. The number of benzene rings is 3. The van der Waals surface area contributed by atoms with E-state index < -0.39 is 4.92 Å². The average Bonchev–Trinajstić information content (AvgIpc) is 2.75. The largest absolute Gasteiger partial charge is 0.324 e. The van der Waals surface area contributed by atoms with Crippen molar-refractivity contribution >= 4 is 17.3 Å². The first kappa shape index (κ1) is 19.7. The lowest BCUT2D eigenvalue weighted by molar-refractivity contribution is -0.384. The van der Waals surface area contributed by atoms with Crippen molar-refractivity contribution in [2.75, 3.05) is 11.9 Å². The van der Waals surface area contributed by atoms with Gasteiger partial charge < -0.3 is 5.32 Å². The Morgan fingerprint density at radius 3 is 2.10 bits per heavy atom. The molecule has 0 aliphatic carbocycles. The third-order valence-corrected chi connectivity index (χ3v) is 4.34. The maximum absolute atomic E-state index is 12.4. The molecule has 0 unspecified atom stereocenters. The quantitative estimate of drug-likeness (QED) is 0.474. The van der Waals surface area contributed by atoms with Gasteiger partial charge in [-0.05, 0) is 17.2 Å². The molecule has 144 valence electrons. The van der Waals surface area contributed by atoms with Crippen LogP contribution in [0.2, 0.25) is 0 Å². The SMILES string of the molecule is N#Cc1cc([N+](=O)[O-])ccc1NC(=O)CNC(c1ccccc1)c1ccccc1. The summed E-state index contributed by atoms with van der Waals surface area (Å²) >= 11 is 0. The van der Waals surface area contributed by atoms with E-state index in [1.54, 1.807) is 0 Å². The van der Waals surface area contributed by atoms with Crippen molar-refractivity contribution in [3.05, 3.63) is 106 Å². The average molecular weight is 386 g/mol. The van der Waals surface area contributed by atoms with Gasteiger partial charge in [0.2, 0.25) is 5.91 Å². The summed E-state index contributed by atoms with van der Waals surface area (Å²) in [6, 6.07) is 24.9. The Labute approximate surface area is 167 Å². The molecule has 0 saturated heterocycles. The molecule has 29 heavy (non-hydrogen) atoms. The van der Waals surface area contributed by atoms with Gasteiger partial charge in [0.25, 0.3) is 5.69 Å². The van der Waals surface area contributed by atoms with Crippen molar-refractivity contribution in [2.45, 2.75) is 6.04 Å². The lowest BCUT2D eigenvalue weighted by atomic mass is 9.99. The van der Waals surface area contributed by atoms with E-state index in [1.165, 1.54) is 12.1 Å². The second kappa shape index (κ2) is 9.26. The molecule has 0 aliphatic rings. The van der Waals surface area contributed by atoms with Crippen molar-refractivity contribution in [3.8, 4) is 6.07 Å². The van der Waals surface area contributed by atoms with Crippen LogP contribution in [0, 0.1) is 21.4 Å². The fourth-order valence-corrected chi connectivity index (χ4v) is 2.96. The van der Waals surface area contributed by atoms with Crippen LogP contribution in [0.4, 0.5) is 11.4 Å². The van der Waals surface area contributed by atoms with Crippen LogP contribution in [0.15, 0.2) is 78.9 Å². The van der Waals surface area contributed by atoms with Crippen molar-refractivity contribution in [1.82, 2.24) is 5.32 Å². The van der Waals surface area contributed by atoms with Gasteiger partial charge in [-0.3, -0.25) is 20.2 Å². The van der Waals surface area contributed by atoms with Gasteiger partial charge in [-0.15, -0.1) is 0 Å². The number of nitro groups is 1. The van der Waals surface area contributed by atoms with Crippen LogP contribution in [0.5, 0.6) is 0 Å². The number of carbonyl (C=O) groups excluding carboxylic acids is 1. The molecule has 0 aliphatic heterocycles. The lowest BCUT2D eigenvalue weighted by Crippen LogP contribution is -2.32. The molecule has 7 heteroatoms. The number of nitrogens with one attached hydrogen (secondary N) is 2. The van der Waals surface area contributed by atoms with E-state index in [0.29, 0.717) is 0 Å². The standard InChI is InChI=1S/C22H18N4O3/c23-14-18-13-19(26(28)29)11-12-20(18)25-21(27)15-24-22(16-7-3-1-4-8-16)17-9-5-2-6-10-17/h1-13,22,24H,15H2,(H,25,27). The van der Waals surface area contributed by atoms with Gasteiger partial charge >= 0.3 is 0 Å². The summed E-state index contributed by atoms with van der Waals surface area (Å²) in [6.45, 7) is -0.00366. The number of amides is 1. The number of nitro benzene ring substituents is 1. The fraction of sp³-hybridized carbons (Fsp3) is 0.0909. The highest BCUT2D eigenvalue weighted by Crippen LogP contribution is 2.23. The van der Waals surface area contributed by atoms with Crippen LogP contribution in [-0.2, 0) is 4.79 Å². The minimum Gasteiger partial charge on any atom is -0.324 e. The zero-order chi connectivity index (χ0) is 20.6. The predicted octanol–water partition coefficient (Wildman–Crippen LogP) is 3.78. The minimum atomic E-state index is -0.585. The second-order valence-corrected chi connectivity index (χ2v) is 6.28. The highest BCUT2D eigenvalue weighted by Gasteiger charge is 2.16. The molecule has 7 nitrogen and oxygen atoms in total. The first-order valence-electron chi connectivity index (χ1n) is 8.90. The molecule has 0 heterocycles. The maximum atomic E-state index is 12.4. The van der Waals surface area contributed by atoms with Gasteiger partial charge in [0.15, 0.2) is 0 Å². The van der Waals surface area contributed by atoms with Gasteiger partial charge in [0, 0.05) is 12.1 Å². The molecule has 0 fully saturated rings. The molecular formula is C22H18N4O3. The number of hydrogen-bond donors (Lipinski definition) is 2. The Morgan fingerprint density at radius 1 is 1.00 bits per heavy atom. The lowest BCUT2D eigenvalue weighted by Gasteiger charge is -2.20. The van der Waals surface area contributed by atoms with Gasteiger partial charge in [-0.2, -0.15) is 5.26 Å². The van der Waals surface area contributed by atoms with Crippen molar-refractivity contribution in [1.29, 1.82) is 5.26 Å². The molecule has 1 amide bonds. The smallest absolute Gasteiger partial charge is 0.270 e. The van der Waals surface area contributed by atoms with E-state index >= 15 is 0 Å². The van der Waals surface area contributed by atoms with Crippen molar-refractivity contribution in [2.24, 2.45) is 0 Å². The Bertz CT molecular complexity index is 1010. The van der Waals surface area contributed by atoms with E-state index in [0.717, 1.165) is 17.2 Å². The zero-order valence-corrected chi connectivity index (χ0v) is 15.4. The Kier molecular flexibility index (Phi) is 6.30. The van der Waals surface area contributed by atoms with E-state index in [9.17, 15) is 20.2 Å². The van der Waals surface area contributed by atoms with Gasteiger partial charge in [0.05, 0.1) is 28.8 Å². The second-order valence-electron chi connectivity index (χ2n) is 6.28. The van der Waals surface area contributed by atoms with E-state index in [2.05, 4.69) is 10.6 Å². The summed E-state index contributed by atoms with van der Waals surface area (Å²) in [4.78, 5) is 22.7. The molecule has 2 N–H and O–H groups in total.